The van der Waals surface area contributed by atoms with Crippen LogP contribution in [0.2, 0.25) is 5.02 Å². The van der Waals surface area contributed by atoms with Gasteiger partial charge in [0, 0.05) is 16.6 Å². The van der Waals surface area contributed by atoms with Gasteiger partial charge < -0.3 is 9.47 Å². The Hall–Kier alpha value is -0.0900. The fourth-order valence-corrected chi connectivity index (χ4v) is 3.04. The van der Waals surface area contributed by atoms with Gasteiger partial charge in [0.25, 0.3) is 0 Å². The molecule has 0 saturated heterocycles. The second kappa shape index (κ2) is 6.90. The van der Waals surface area contributed by atoms with Crippen LogP contribution in [0.3, 0.4) is 0 Å². The largest absolute Gasteiger partial charge is 0.381 e. The van der Waals surface area contributed by atoms with Crippen molar-refractivity contribution in [2.45, 2.75) is 44.5 Å². The van der Waals surface area contributed by atoms with Crippen LogP contribution in [0.25, 0.3) is 0 Å². The van der Waals surface area contributed by atoms with Gasteiger partial charge in [-0.1, -0.05) is 33.6 Å². The topological polar surface area (TPSA) is 18.5 Å². The minimum atomic E-state index is 0.295. The first kappa shape index (κ1) is 14.3. The third-order valence-corrected chi connectivity index (χ3v) is 4.25. The van der Waals surface area contributed by atoms with Gasteiger partial charge in [-0.3, -0.25) is 0 Å². The van der Waals surface area contributed by atoms with E-state index in [-0.39, 0.29) is 0 Å². The third-order valence-electron chi connectivity index (χ3n) is 3.40. The summed E-state index contributed by atoms with van der Waals surface area (Å²) in [5.41, 5.74) is 1.04. The Balaban J connectivity index is 1.87. The molecular formula is C14H18BrClO2. The molecular weight excluding hydrogens is 316 g/mol. The summed E-state index contributed by atoms with van der Waals surface area (Å²) in [6.45, 7) is 0.577. The molecule has 0 heterocycles. The molecule has 2 nitrogen and oxygen atoms in total. The van der Waals surface area contributed by atoms with Crippen LogP contribution in [-0.2, 0) is 16.1 Å². The second-order valence-corrected chi connectivity index (χ2v) is 6.02. The molecule has 0 amide bonds. The molecule has 0 radical (unpaired) electrons. The number of rotatable bonds is 4. The van der Waals surface area contributed by atoms with Gasteiger partial charge in [0.15, 0.2) is 0 Å². The molecule has 1 aliphatic rings. The summed E-state index contributed by atoms with van der Waals surface area (Å²) in [6, 6.07) is 5.89. The van der Waals surface area contributed by atoms with E-state index in [4.69, 9.17) is 21.1 Å². The van der Waals surface area contributed by atoms with Crippen molar-refractivity contribution in [3.05, 3.63) is 33.3 Å². The number of hydrogen-bond donors (Lipinski definition) is 0. The lowest BCUT2D eigenvalue weighted by molar-refractivity contribution is -0.0363. The van der Waals surface area contributed by atoms with Crippen molar-refractivity contribution in [3.8, 4) is 0 Å². The van der Waals surface area contributed by atoms with E-state index < -0.39 is 0 Å². The summed E-state index contributed by atoms with van der Waals surface area (Å²) < 4.78 is 12.3. The zero-order valence-corrected chi connectivity index (χ0v) is 12.8. The van der Waals surface area contributed by atoms with Crippen LogP contribution < -0.4 is 0 Å². The molecule has 0 N–H and O–H groups in total. The molecule has 4 heteroatoms. The number of hydrogen-bond acceptors (Lipinski definition) is 2. The maximum absolute atomic E-state index is 6.17. The number of benzene rings is 1. The first-order valence-electron chi connectivity index (χ1n) is 6.27. The lowest BCUT2D eigenvalue weighted by Gasteiger charge is -2.28. The van der Waals surface area contributed by atoms with Crippen LogP contribution in [0, 0.1) is 0 Å². The van der Waals surface area contributed by atoms with Gasteiger partial charge in [0.2, 0.25) is 0 Å². The van der Waals surface area contributed by atoms with E-state index in [9.17, 15) is 0 Å². The van der Waals surface area contributed by atoms with Gasteiger partial charge >= 0.3 is 0 Å². The van der Waals surface area contributed by atoms with Crippen molar-refractivity contribution < 1.29 is 9.47 Å². The molecule has 0 bridgehead atoms. The average molecular weight is 334 g/mol. The minimum absolute atomic E-state index is 0.295. The highest BCUT2D eigenvalue weighted by molar-refractivity contribution is 9.10. The van der Waals surface area contributed by atoms with E-state index in [1.807, 2.05) is 18.2 Å². The van der Waals surface area contributed by atoms with Gasteiger partial charge in [-0.2, -0.15) is 0 Å². The summed E-state index contributed by atoms with van der Waals surface area (Å²) in [5, 5.41) is 0.753. The van der Waals surface area contributed by atoms with E-state index in [1.165, 1.54) is 6.42 Å². The molecule has 1 aromatic rings. The molecule has 2 rings (SSSR count). The Morgan fingerprint density at radius 3 is 2.83 bits per heavy atom. The molecule has 1 fully saturated rings. The molecule has 18 heavy (non-hydrogen) atoms. The quantitative estimate of drug-likeness (QED) is 0.803. The molecule has 2 unspecified atom stereocenters. The predicted molar refractivity (Wildman–Crippen MR) is 77.0 cm³/mol. The van der Waals surface area contributed by atoms with Gasteiger partial charge in [0.05, 0.1) is 18.8 Å². The Morgan fingerprint density at radius 2 is 2.11 bits per heavy atom. The van der Waals surface area contributed by atoms with Crippen molar-refractivity contribution in [2.75, 3.05) is 7.11 Å². The van der Waals surface area contributed by atoms with Crippen molar-refractivity contribution >= 4 is 27.5 Å². The maximum atomic E-state index is 6.17. The fourth-order valence-electron chi connectivity index (χ4n) is 2.31. The first-order valence-corrected chi connectivity index (χ1v) is 7.44. The summed E-state index contributed by atoms with van der Waals surface area (Å²) in [4.78, 5) is 0. The number of halogens is 2. The highest BCUT2D eigenvalue weighted by Crippen LogP contribution is 2.26. The van der Waals surface area contributed by atoms with E-state index in [0.717, 1.165) is 34.3 Å². The summed E-state index contributed by atoms with van der Waals surface area (Å²) >= 11 is 9.57. The van der Waals surface area contributed by atoms with Crippen LogP contribution in [0.4, 0.5) is 0 Å². The fraction of sp³-hybridized carbons (Fsp3) is 0.571. The second-order valence-electron chi connectivity index (χ2n) is 4.69. The third kappa shape index (κ3) is 3.95. The Labute approximate surface area is 122 Å². The lowest BCUT2D eigenvalue weighted by Crippen LogP contribution is -2.27. The first-order chi connectivity index (χ1) is 8.69. The molecule has 1 saturated carbocycles. The SMILES string of the molecule is COC1CCCC(OCc2ccc(Br)cc2Cl)C1. The summed E-state index contributed by atoms with van der Waals surface area (Å²) in [6.07, 6.45) is 5.08. The zero-order chi connectivity index (χ0) is 13.0. The molecule has 1 aromatic carbocycles. The van der Waals surface area contributed by atoms with Crippen molar-refractivity contribution in [1.29, 1.82) is 0 Å². The molecule has 0 aromatic heterocycles. The normalized spacial score (nSPS) is 24.2. The summed E-state index contributed by atoms with van der Waals surface area (Å²) in [7, 11) is 1.78. The van der Waals surface area contributed by atoms with Crippen LogP contribution in [0.1, 0.15) is 31.2 Å². The van der Waals surface area contributed by atoms with Crippen molar-refractivity contribution in [2.24, 2.45) is 0 Å². The Morgan fingerprint density at radius 1 is 1.33 bits per heavy atom. The van der Waals surface area contributed by atoms with Crippen LogP contribution in [-0.4, -0.2) is 19.3 Å². The zero-order valence-electron chi connectivity index (χ0n) is 10.5. The van der Waals surface area contributed by atoms with Crippen LogP contribution in [0.15, 0.2) is 22.7 Å². The summed E-state index contributed by atoms with van der Waals surface area (Å²) in [5.74, 6) is 0. The van der Waals surface area contributed by atoms with Crippen LogP contribution >= 0.6 is 27.5 Å². The van der Waals surface area contributed by atoms with Crippen molar-refractivity contribution in [3.63, 3.8) is 0 Å². The maximum Gasteiger partial charge on any atom is 0.0735 e. The highest BCUT2D eigenvalue weighted by atomic mass is 79.9. The number of methoxy groups -OCH3 is 1. The molecule has 100 valence electrons. The Kier molecular flexibility index (Phi) is 5.49. The standard InChI is InChI=1S/C14H18BrClO2/c1-17-12-3-2-4-13(8-12)18-9-10-5-6-11(15)7-14(10)16/h5-7,12-13H,2-4,8-9H2,1H3. The van der Waals surface area contributed by atoms with E-state index in [1.54, 1.807) is 7.11 Å². The average Bonchev–Trinajstić information content (AvgIpc) is 2.38. The molecule has 1 aliphatic carbocycles. The van der Waals surface area contributed by atoms with Crippen molar-refractivity contribution in [1.82, 2.24) is 0 Å². The van der Waals surface area contributed by atoms with Gasteiger partial charge in [-0.15, -0.1) is 0 Å². The minimum Gasteiger partial charge on any atom is -0.381 e. The molecule has 0 spiro atoms. The number of ether oxygens (including phenoxy) is 2. The van der Waals surface area contributed by atoms with Gasteiger partial charge in [-0.05, 0) is 43.4 Å². The molecule has 2 atom stereocenters. The monoisotopic (exact) mass is 332 g/mol. The Bertz CT molecular complexity index is 397. The van der Waals surface area contributed by atoms with Crippen LogP contribution in [0.5, 0.6) is 0 Å². The smallest absolute Gasteiger partial charge is 0.0735 e. The van der Waals surface area contributed by atoms with E-state index >= 15 is 0 Å². The van der Waals surface area contributed by atoms with Gasteiger partial charge in [0.1, 0.15) is 0 Å². The molecule has 0 aliphatic heterocycles. The van der Waals surface area contributed by atoms with E-state index in [0.29, 0.717) is 18.8 Å². The predicted octanol–water partition coefficient (Wildman–Crippen LogP) is 4.58. The highest BCUT2D eigenvalue weighted by Gasteiger charge is 2.22. The van der Waals surface area contributed by atoms with Gasteiger partial charge in [-0.25, -0.2) is 0 Å². The van der Waals surface area contributed by atoms with E-state index in [2.05, 4.69) is 15.9 Å². The lowest BCUT2D eigenvalue weighted by atomic mass is 9.95.